The molecule has 0 atom stereocenters. The Labute approximate surface area is 178 Å². The molecule has 0 aliphatic rings. The fraction of sp³-hybridized carbons (Fsp3) is 0.800. The lowest BCUT2D eigenvalue weighted by Gasteiger charge is -2.05. The molecule has 0 amide bonds. The van der Waals surface area contributed by atoms with E-state index in [9.17, 15) is 4.79 Å². The molecule has 0 N–H and O–H groups in total. The van der Waals surface area contributed by atoms with Crippen molar-refractivity contribution in [3.8, 4) is 5.95 Å². The van der Waals surface area contributed by atoms with Crippen molar-refractivity contribution in [2.45, 2.75) is 111 Å². The van der Waals surface area contributed by atoms with Gasteiger partial charge in [0.15, 0.2) is 0 Å². The van der Waals surface area contributed by atoms with E-state index in [2.05, 4.69) is 20.8 Å². The normalized spacial score (nSPS) is 11.2. The topological polar surface area (TPSA) is 48.7 Å². The zero-order valence-electron chi connectivity index (χ0n) is 19.2. The zero-order chi connectivity index (χ0) is 21.2. The Morgan fingerprint density at radius 1 is 0.828 bits per heavy atom. The van der Waals surface area contributed by atoms with Crippen molar-refractivity contribution in [2.24, 2.45) is 5.92 Å². The molecule has 0 spiro atoms. The van der Waals surface area contributed by atoms with Crippen LogP contribution in [0.15, 0.2) is 16.5 Å². The Kier molecular flexibility index (Phi) is 15.4. The number of hydrogen-bond acceptors (Lipinski definition) is 4. The Morgan fingerprint density at radius 3 is 2.00 bits per heavy atom. The fourth-order valence-electron chi connectivity index (χ4n) is 3.35. The first-order valence-electron chi connectivity index (χ1n) is 12.0. The van der Waals surface area contributed by atoms with E-state index < -0.39 is 5.97 Å². The summed E-state index contributed by atoms with van der Waals surface area (Å²) in [5.74, 6) is 0.841. The predicted octanol–water partition coefficient (Wildman–Crippen LogP) is 7.95. The quantitative estimate of drug-likeness (QED) is 0.172. The fourth-order valence-corrected chi connectivity index (χ4v) is 3.35. The third-order valence-electron chi connectivity index (χ3n) is 5.18. The van der Waals surface area contributed by atoms with Gasteiger partial charge in [-0.15, -0.1) is 0 Å². The molecule has 0 saturated carbocycles. The summed E-state index contributed by atoms with van der Waals surface area (Å²) >= 11 is 0. The molecule has 4 nitrogen and oxygen atoms in total. The highest BCUT2D eigenvalue weighted by atomic mass is 16.6. The van der Waals surface area contributed by atoms with Crippen LogP contribution in [-0.4, -0.2) is 19.2 Å². The van der Waals surface area contributed by atoms with E-state index in [0.29, 0.717) is 25.1 Å². The monoisotopic (exact) mass is 408 g/mol. The smallest absolute Gasteiger partial charge is 0.374 e. The second-order valence-electron chi connectivity index (χ2n) is 8.53. The van der Waals surface area contributed by atoms with Crippen LogP contribution in [0.3, 0.4) is 0 Å². The Morgan fingerprint density at radius 2 is 1.41 bits per heavy atom. The first-order valence-corrected chi connectivity index (χ1v) is 12.0. The Balaban J connectivity index is 1.95. The van der Waals surface area contributed by atoms with Crippen molar-refractivity contribution < 1.29 is 18.7 Å². The highest BCUT2D eigenvalue weighted by molar-refractivity contribution is 5.86. The summed E-state index contributed by atoms with van der Waals surface area (Å²) in [6, 6.07) is 3.33. The van der Waals surface area contributed by atoms with Crippen LogP contribution in [0.4, 0.5) is 0 Å². The molecule has 1 rings (SSSR count). The highest BCUT2D eigenvalue weighted by Crippen LogP contribution is 2.18. The summed E-state index contributed by atoms with van der Waals surface area (Å²) in [4.78, 5) is 11.9. The second-order valence-corrected chi connectivity index (χ2v) is 8.53. The van der Waals surface area contributed by atoms with Gasteiger partial charge in [0.05, 0.1) is 13.2 Å². The molecular formula is C25H44O4. The third kappa shape index (κ3) is 14.2. The molecule has 168 valence electrons. The van der Waals surface area contributed by atoms with Gasteiger partial charge in [-0.2, -0.15) is 0 Å². The number of rotatable bonds is 19. The van der Waals surface area contributed by atoms with Gasteiger partial charge in [-0.1, -0.05) is 91.4 Å². The van der Waals surface area contributed by atoms with Crippen molar-refractivity contribution in [3.05, 3.63) is 17.9 Å². The molecule has 0 fully saturated rings. The molecule has 0 bridgehead atoms. The van der Waals surface area contributed by atoms with E-state index in [1.807, 2.05) is 0 Å². The van der Waals surface area contributed by atoms with Crippen molar-refractivity contribution in [1.82, 2.24) is 0 Å². The molecule has 0 unspecified atom stereocenters. The maximum Gasteiger partial charge on any atom is 0.374 e. The minimum absolute atomic E-state index is 0.222. The second kappa shape index (κ2) is 17.4. The Hall–Kier alpha value is -1.45. The summed E-state index contributed by atoms with van der Waals surface area (Å²) < 4.78 is 16.3. The summed E-state index contributed by atoms with van der Waals surface area (Å²) in [5.41, 5.74) is 0. The zero-order valence-corrected chi connectivity index (χ0v) is 19.2. The molecular weight excluding hydrogens is 364 g/mol. The number of ether oxygens (including phenoxy) is 2. The van der Waals surface area contributed by atoms with Gasteiger partial charge in [-0.05, 0) is 31.2 Å². The van der Waals surface area contributed by atoms with Crippen LogP contribution >= 0.6 is 0 Å². The van der Waals surface area contributed by atoms with Gasteiger partial charge in [0.25, 0.3) is 5.95 Å². The number of carbonyl (C=O) groups is 1. The van der Waals surface area contributed by atoms with Gasteiger partial charge in [-0.25, -0.2) is 4.79 Å². The van der Waals surface area contributed by atoms with Gasteiger partial charge in [0.1, 0.15) is 0 Å². The SMILES string of the molecule is CCCCCCCCCCCCCCOc1ccc(C(=O)OCCCC(C)C)o1. The molecule has 1 heterocycles. The van der Waals surface area contributed by atoms with Crippen molar-refractivity contribution in [3.63, 3.8) is 0 Å². The summed E-state index contributed by atoms with van der Waals surface area (Å²) in [5, 5.41) is 0. The third-order valence-corrected chi connectivity index (χ3v) is 5.18. The van der Waals surface area contributed by atoms with Crippen LogP contribution in [0.5, 0.6) is 5.95 Å². The minimum Gasteiger partial charge on any atom is -0.465 e. The average Bonchev–Trinajstić information content (AvgIpc) is 3.17. The molecule has 0 radical (unpaired) electrons. The minimum atomic E-state index is -0.408. The highest BCUT2D eigenvalue weighted by Gasteiger charge is 2.13. The van der Waals surface area contributed by atoms with Gasteiger partial charge >= 0.3 is 5.97 Å². The average molecular weight is 409 g/mol. The van der Waals surface area contributed by atoms with Gasteiger partial charge in [-0.3, -0.25) is 0 Å². The van der Waals surface area contributed by atoms with Crippen LogP contribution in [0.25, 0.3) is 0 Å². The molecule has 29 heavy (non-hydrogen) atoms. The lowest BCUT2D eigenvalue weighted by Crippen LogP contribution is -2.06. The van der Waals surface area contributed by atoms with Crippen LogP contribution in [0, 0.1) is 5.92 Å². The lowest BCUT2D eigenvalue weighted by molar-refractivity contribution is 0.0450. The first-order chi connectivity index (χ1) is 14.1. The first kappa shape index (κ1) is 25.6. The van der Waals surface area contributed by atoms with Crippen LogP contribution in [0.1, 0.15) is 121 Å². The maximum absolute atomic E-state index is 11.9. The van der Waals surface area contributed by atoms with Crippen molar-refractivity contribution in [1.29, 1.82) is 0 Å². The predicted molar refractivity (Wildman–Crippen MR) is 120 cm³/mol. The van der Waals surface area contributed by atoms with Crippen LogP contribution < -0.4 is 4.74 Å². The number of unbranched alkanes of at least 4 members (excludes halogenated alkanes) is 11. The van der Waals surface area contributed by atoms with Crippen molar-refractivity contribution in [2.75, 3.05) is 13.2 Å². The number of furan rings is 1. The molecule has 1 aromatic heterocycles. The number of carbonyl (C=O) groups excluding carboxylic acids is 1. The largest absolute Gasteiger partial charge is 0.465 e. The van der Waals surface area contributed by atoms with E-state index >= 15 is 0 Å². The molecule has 0 saturated heterocycles. The summed E-state index contributed by atoms with van der Waals surface area (Å²) in [6.07, 6.45) is 17.8. The van der Waals surface area contributed by atoms with E-state index in [4.69, 9.17) is 13.9 Å². The number of hydrogen-bond donors (Lipinski definition) is 0. The van der Waals surface area contributed by atoms with E-state index in [0.717, 1.165) is 19.3 Å². The lowest BCUT2D eigenvalue weighted by atomic mass is 10.1. The van der Waals surface area contributed by atoms with E-state index in [-0.39, 0.29) is 5.76 Å². The maximum atomic E-state index is 11.9. The molecule has 1 aromatic rings. The molecule has 4 heteroatoms. The van der Waals surface area contributed by atoms with E-state index in [1.54, 1.807) is 12.1 Å². The Bertz CT molecular complexity index is 507. The van der Waals surface area contributed by atoms with E-state index in [1.165, 1.54) is 70.6 Å². The van der Waals surface area contributed by atoms with Gasteiger partial charge in [0, 0.05) is 6.07 Å². The van der Waals surface area contributed by atoms with Crippen LogP contribution in [0.2, 0.25) is 0 Å². The molecule has 0 aliphatic heterocycles. The number of esters is 1. The summed E-state index contributed by atoms with van der Waals surface area (Å²) in [6.45, 7) is 7.66. The molecule has 0 aromatic carbocycles. The van der Waals surface area contributed by atoms with Gasteiger partial charge in [0.2, 0.25) is 5.76 Å². The van der Waals surface area contributed by atoms with Gasteiger partial charge < -0.3 is 13.9 Å². The summed E-state index contributed by atoms with van der Waals surface area (Å²) in [7, 11) is 0. The van der Waals surface area contributed by atoms with Crippen LogP contribution in [-0.2, 0) is 4.74 Å². The standard InChI is InChI=1S/C25H44O4/c1-4-5-6-7-8-9-10-11-12-13-14-15-20-27-24-19-18-23(29-24)25(26)28-21-16-17-22(2)3/h18-19,22H,4-17,20-21H2,1-3H3. The van der Waals surface area contributed by atoms with Crippen molar-refractivity contribution >= 4 is 5.97 Å². The molecule has 0 aliphatic carbocycles.